The lowest BCUT2D eigenvalue weighted by atomic mass is 9.96. The van der Waals surface area contributed by atoms with E-state index in [1.54, 1.807) is 0 Å². The molecule has 1 amide bonds. The summed E-state index contributed by atoms with van der Waals surface area (Å²) in [7, 11) is 0. The molecule has 4 nitrogen and oxygen atoms in total. The minimum atomic E-state index is -0.644. The maximum Gasteiger partial charge on any atom is 0.255 e. The molecule has 0 spiro atoms. The van der Waals surface area contributed by atoms with Gasteiger partial charge in [0.2, 0.25) is 0 Å². The minimum absolute atomic E-state index is 0.0845. The van der Waals surface area contributed by atoms with Crippen molar-refractivity contribution in [1.82, 2.24) is 5.32 Å². The number of halogens is 1. The number of aliphatic hydroxyl groups excluding tert-OH is 1. The third-order valence-electron chi connectivity index (χ3n) is 3.27. The molecule has 0 aliphatic heterocycles. The van der Waals surface area contributed by atoms with Crippen LogP contribution < -0.4 is 5.32 Å². The summed E-state index contributed by atoms with van der Waals surface area (Å²) in [4.78, 5) is 11.8. The zero-order chi connectivity index (χ0) is 14.4. The number of benzene rings is 1. The summed E-state index contributed by atoms with van der Waals surface area (Å²) < 4.78 is 13.0. The second-order valence-electron chi connectivity index (χ2n) is 4.52. The number of hydrogen-bond donors (Lipinski definition) is 3. The van der Waals surface area contributed by atoms with Gasteiger partial charge < -0.3 is 15.5 Å². The maximum absolute atomic E-state index is 13.0. The van der Waals surface area contributed by atoms with Crippen molar-refractivity contribution in [3.63, 3.8) is 0 Å². The molecule has 0 bridgehead atoms. The summed E-state index contributed by atoms with van der Waals surface area (Å²) in [5, 5.41) is 21.9. The average molecular weight is 269 g/mol. The molecule has 1 rings (SSSR count). The molecule has 1 unspecified atom stereocenters. The van der Waals surface area contributed by atoms with Gasteiger partial charge in [0.1, 0.15) is 11.6 Å². The molecule has 3 N–H and O–H groups in total. The number of hydrogen-bond acceptors (Lipinski definition) is 3. The van der Waals surface area contributed by atoms with Crippen LogP contribution in [-0.4, -0.2) is 28.8 Å². The summed E-state index contributed by atoms with van der Waals surface area (Å²) in [5.41, 5.74) is -0.128. The van der Waals surface area contributed by atoms with Crippen LogP contribution in [0.1, 0.15) is 37.0 Å². The van der Waals surface area contributed by atoms with E-state index in [1.165, 1.54) is 0 Å². The van der Waals surface area contributed by atoms with Crippen LogP contribution in [0.4, 0.5) is 4.39 Å². The number of phenolic OH excluding ortho intramolecular Hbond substituents is 1. The maximum atomic E-state index is 13.0. The average Bonchev–Trinajstić information content (AvgIpc) is 2.40. The van der Waals surface area contributed by atoms with Crippen molar-refractivity contribution in [2.45, 2.75) is 32.8 Å². The molecular weight excluding hydrogens is 249 g/mol. The largest absolute Gasteiger partial charge is 0.507 e. The minimum Gasteiger partial charge on any atom is -0.507 e. The first-order valence-corrected chi connectivity index (χ1v) is 6.44. The predicted octanol–water partition coefficient (Wildman–Crippen LogP) is 2.06. The fourth-order valence-corrected chi connectivity index (χ4v) is 1.98. The molecule has 0 aliphatic carbocycles. The van der Waals surface area contributed by atoms with Gasteiger partial charge in [-0.3, -0.25) is 4.79 Å². The zero-order valence-electron chi connectivity index (χ0n) is 11.2. The number of rotatable bonds is 6. The Kier molecular flexibility index (Phi) is 5.76. The van der Waals surface area contributed by atoms with Gasteiger partial charge in [0.25, 0.3) is 5.91 Å². The van der Waals surface area contributed by atoms with Gasteiger partial charge in [-0.15, -0.1) is 0 Å². The Labute approximate surface area is 112 Å². The van der Waals surface area contributed by atoms with Crippen molar-refractivity contribution < 1.29 is 19.4 Å². The van der Waals surface area contributed by atoms with E-state index in [0.29, 0.717) is 0 Å². The summed E-state index contributed by atoms with van der Waals surface area (Å²) in [5.74, 6) is -1.36. The Morgan fingerprint density at radius 3 is 2.58 bits per heavy atom. The highest BCUT2D eigenvalue weighted by Crippen LogP contribution is 2.18. The summed E-state index contributed by atoms with van der Waals surface area (Å²) in [6, 6.07) is 3.17. The van der Waals surface area contributed by atoms with Gasteiger partial charge >= 0.3 is 0 Å². The molecule has 0 saturated heterocycles. The van der Waals surface area contributed by atoms with Crippen molar-refractivity contribution in [3.05, 3.63) is 29.6 Å². The van der Waals surface area contributed by atoms with Crippen molar-refractivity contribution in [3.8, 4) is 5.75 Å². The predicted molar refractivity (Wildman–Crippen MR) is 70.5 cm³/mol. The van der Waals surface area contributed by atoms with Crippen LogP contribution in [0.3, 0.4) is 0 Å². The Morgan fingerprint density at radius 2 is 2.00 bits per heavy atom. The van der Waals surface area contributed by atoms with Gasteiger partial charge in [0.05, 0.1) is 11.7 Å². The van der Waals surface area contributed by atoms with Crippen LogP contribution in [0.25, 0.3) is 0 Å². The highest BCUT2D eigenvalue weighted by atomic mass is 19.1. The molecule has 106 valence electrons. The van der Waals surface area contributed by atoms with E-state index in [9.17, 15) is 19.4 Å². The lowest BCUT2D eigenvalue weighted by Gasteiger charge is -2.20. The lowest BCUT2D eigenvalue weighted by Crippen LogP contribution is -2.36. The van der Waals surface area contributed by atoms with Crippen LogP contribution >= 0.6 is 0 Å². The molecule has 0 heterocycles. The van der Waals surface area contributed by atoms with Gasteiger partial charge in [-0.2, -0.15) is 0 Å². The summed E-state index contributed by atoms with van der Waals surface area (Å²) in [6.45, 7) is 4.02. The van der Waals surface area contributed by atoms with Gasteiger partial charge in [-0.1, -0.05) is 26.7 Å². The van der Waals surface area contributed by atoms with E-state index in [0.717, 1.165) is 31.0 Å². The highest BCUT2D eigenvalue weighted by Gasteiger charge is 2.18. The van der Waals surface area contributed by atoms with Crippen molar-refractivity contribution in [2.75, 3.05) is 6.54 Å². The van der Waals surface area contributed by atoms with Crippen LogP contribution in [0, 0.1) is 11.7 Å². The molecule has 0 fully saturated rings. The highest BCUT2D eigenvalue weighted by molar-refractivity contribution is 5.96. The van der Waals surface area contributed by atoms with Crippen LogP contribution in [0.5, 0.6) is 5.75 Å². The molecule has 0 radical (unpaired) electrons. The zero-order valence-corrected chi connectivity index (χ0v) is 11.2. The lowest BCUT2D eigenvalue weighted by molar-refractivity contribution is 0.0814. The molecule has 0 saturated carbocycles. The second-order valence-corrected chi connectivity index (χ2v) is 4.52. The Balaban J connectivity index is 2.63. The molecule has 19 heavy (non-hydrogen) atoms. The number of carbonyl (C=O) groups is 1. The Morgan fingerprint density at radius 1 is 1.37 bits per heavy atom. The SMILES string of the molecule is CCC(CC)C(O)CNC(=O)c1cc(F)ccc1O. The summed E-state index contributed by atoms with van der Waals surface area (Å²) >= 11 is 0. The first kappa shape index (κ1) is 15.4. The molecule has 1 aromatic rings. The molecule has 0 aliphatic rings. The topological polar surface area (TPSA) is 69.6 Å². The van der Waals surface area contributed by atoms with Crippen LogP contribution in [0.2, 0.25) is 0 Å². The van der Waals surface area contributed by atoms with Crippen molar-refractivity contribution >= 4 is 5.91 Å². The smallest absolute Gasteiger partial charge is 0.255 e. The monoisotopic (exact) mass is 269 g/mol. The van der Waals surface area contributed by atoms with Gasteiger partial charge in [0, 0.05) is 6.54 Å². The number of nitrogens with one attached hydrogen (secondary N) is 1. The van der Waals surface area contributed by atoms with Crippen molar-refractivity contribution in [2.24, 2.45) is 5.92 Å². The van der Waals surface area contributed by atoms with Crippen molar-refractivity contribution in [1.29, 1.82) is 0 Å². The molecule has 1 atom stereocenters. The Hall–Kier alpha value is -1.62. The number of amides is 1. The first-order chi connectivity index (χ1) is 8.99. The van der Waals surface area contributed by atoms with Gasteiger partial charge in [0.15, 0.2) is 0 Å². The van der Waals surface area contributed by atoms with Crippen LogP contribution in [0.15, 0.2) is 18.2 Å². The number of phenols is 1. The third kappa shape index (κ3) is 4.21. The fraction of sp³-hybridized carbons (Fsp3) is 0.500. The molecule has 0 aromatic heterocycles. The third-order valence-corrected chi connectivity index (χ3v) is 3.27. The summed E-state index contributed by atoms with van der Waals surface area (Å²) in [6.07, 6.45) is 0.993. The fourth-order valence-electron chi connectivity index (χ4n) is 1.98. The number of aromatic hydroxyl groups is 1. The molecular formula is C14H20FNO3. The molecule has 5 heteroatoms. The quantitative estimate of drug-likeness (QED) is 0.740. The van der Waals surface area contributed by atoms with Crippen LogP contribution in [-0.2, 0) is 0 Å². The first-order valence-electron chi connectivity index (χ1n) is 6.44. The normalized spacial score (nSPS) is 12.5. The van der Waals surface area contributed by atoms with E-state index in [2.05, 4.69) is 5.32 Å². The second kappa shape index (κ2) is 7.09. The van der Waals surface area contributed by atoms with Gasteiger partial charge in [-0.05, 0) is 24.1 Å². The van der Waals surface area contributed by atoms with E-state index in [-0.39, 0.29) is 23.8 Å². The van der Waals surface area contributed by atoms with E-state index in [4.69, 9.17) is 0 Å². The number of carbonyl (C=O) groups excluding carboxylic acids is 1. The Bertz CT molecular complexity index is 433. The van der Waals surface area contributed by atoms with Gasteiger partial charge in [-0.25, -0.2) is 4.39 Å². The number of aliphatic hydroxyl groups is 1. The molecule has 1 aromatic carbocycles. The standard InChI is InChI=1S/C14H20FNO3/c1-3-9(4-2)13(18)8-16-14(19)11-7-10(15)5-6-12(11)17/h5-7,9,13,17-18H,3-4,8H2,1-2H3,(H,16,19). The van der Waals surface area contributed by atoms with E-state index >= 15 is 0 Å². The van der Waals surface area contributed by atoms with E-state index in [1.807, 2.05) is 13.8 Å². The van der Waals surface area contributed by atoms with E-state index < -0.39 is 17.8 Å².